The van der Waals surface area contributed by atoms with E-state index in [4.69, 9.17) is 10.2 Å². The van der Waals surface area contributed by atoms with E-state index < -0.39 is 0 Å². The second kappa shape index (κ2) is 23.8. The quantitative estimate of drug-likeness (QED) is 0.147. The standard InChI is InChI=1S/C21H19N3.C21H18N3.C5H12O2.2CH4.2Ir/c2*1-15(2)20-22-23-21(24(20)19-10-4-3-5-11-19)18-13-12-16-8-6-7-9-17(16)14-18;1-4(6)3-5(2)7;;;;/h3-15H,1-2H3;3-12,14-15H,1-2H3;4-7H,3H2,1-2H3;2*1H4;;/q;-1;;;;;. The zero-order valence-corrected chi connectivity index (χ0v) is 37.8. The van der Waals surface area contributed by atoms with Gasteiger partial charge >= 0.3 is 0 Å². The summed E-state index contributed by atoms with van der Waals surface area (Å²) >= 11 is 0. The predicted octanol–water partition coefficient (Wildman–Crippen LogP) is 11.6. The molecule has 0 saturated carbocycles. The van der Waals surface area contributed by atoms with Gasteiger partial charge in [-0.2, -0.15) is 5.10 Å². The molecule has 0 aliphatic heterocycles. The molecule has 0 aliphatic rings. The molecule has 8 nitrogen and oxygen atoms in total. The molecule has 0 bridgehead atoms. The van der Waals surface area contributed by atoms with Gasteiger partial charge in [-0.3, -0.25) is 4.57 Å². The average Bonchev–Trinajstić information content (AvgIpc) is 3.85. The van der Waals surface area contributed by atoms with E-state index in [0.29, 0.717) is 12.3 Å². The molecule has 8 aromatic rings. The van der Waals surface area contributed by atoms with Crippen molar-refractivity contribution in [2.75, 3.05) is 0 Å². The number of hydrogen-bond acceptors (Lipinski definition) is 6. The van der Waals surface area contributed by atoms with E-state index in [2.05, 4.69) is 148 Å². The molecule has 0 amide bonds. The molecule has 2 unspecified atom stereocenters. The van der Waals surface area contributed by atoms with Crippen molar-refractivity contribution in [2.45, 2.75) is 86.9 Å². The summed E-state index contributed by atoms with van der Waals surface area (Å²) in [6, 6.07) is 51.2. The van der Waals surface area contributed by atoms with Crippen molar-refractivity contribution in [3.63, 3.8) is 0 Å². The van der Waals surface area contributed by atoms with E-state index in [-0.39, 0.29) is 73.2 Å². The fraction of sp³-hybridized carbons (Fsp3) is 0.265. The monoisotopic (exact) mass is 1150 g/mol. The first-order chi connectivity index (χ1) is 26.6. The summed E-state index contributed by atoms with van der Waals surface area (Å²) in [5.74, 6) is 4.23. The Hall–Kier alpha value is -4.66. The molecule has 2 heterocycles. The molecule has 2 atom stereocenters. The van der Waals surface area contributed by atoms with Crippen LogP contribution in [0.1, 0.15) is 86.3 Å². The number of nitrogens with zero attached hydrogens (tertiary/aromatic N) is 6. The molecule has 2 radical (unpaired) electrons. The average molecular weight is 1150 g/mol. The fourth-order valence-electron chi connectivity index (χ4n) is 6.44. The van der Waals surface area contributed by atoms with Crippen LogP contribution in [0.3, 0.4) is 0 Å². The van der Waals surface area contributed by atoms with E-state index in [1.54, 1.807) is 13.8 Å². The molecule has 0 fully saturated rings. The smallest absolute Gasteiger partial charge is 0.168 e. The summed E-state index contributed by atoms with van der Waals surface area (Å²) in [6.07, 6.45) is -0.278. The van der Waals surface area contributed by atoms with Gasteiger partial charge in [-0.15, -0.1) is 44.4 Å². The number of aliphatic hydroxyl groups is 2. The first kappa shape index (κ1) is 50.5. The van der Waals surface area contributed by atoms with Crippen LogP contribution in [0.25, 0.3) is 55.7 Å². The first-order valence-corrected chi connectivity index (χ1v) is 18.9. The Morgan fingerprint density at radius 2 is 0.915 bits per heavy atom. The van der Waals surface area contributed by atoms with Gasteiger partial charge in [0.25, 0.3) is 0 Å². The van der Waals surface area contributed by atoms with Crippen molar-refractivity contribution in [2.24, 2.45) is 0 Å². The third-order valence-electron chi connectivity index (χ3n) is 9.05. The van der Waals surface area contributed by atoms with E-state index in [1.807, 2.05) is 54.6 Å². The Balaban J connectivity index is 0.000000332. The van der Waals surface area contributed by atoms with Gasteiger partial charge in [-0.05, 0) is 61.4 Å². The third kappa shape index (κ3) is 12.7. The summed E-state index contributed by atoms with van der Waals surface area (Å²) in [5, 5.41) is 39.8. The number of aliphatic hydroxyl groups excluding tert-OH is 2. The van der Waals surface area contributed by atoms with Crippen LogP contribution in [0.2, 0.25) is 0 Å². The van der Waals surface area contributed by atoms with Gasteiger partial charge in [-0.1, -0.05) is 145 Å². The van der Waals surface area contributed by atoms with Crippen LogP contribution in [-0.4, -0.2) is 51.9 Å². The summed E-state index contributed by atoms with van der Waals surface area (Å²) in [6.45, 7) is 11.9. The zero-order valence-electron chi connectivity index (χ0n) is 33.0. The van der Waals surface area contributed by atoms with E-state index in [0.717, 1.165) is 45.8 Å². The maximum absolute atomic E-state index is 8.56. The van der Waals surface area contributed by atoms with E-state index in [1.165, 1.54) is 21.5 Å². The van der Waals surface area contributed by atoms with Gasteiger partial charge in [0, 0.05) is 69.0 Å². The van der Waals surface area contributed by atoms with Crippen LogP contribution in [0, 0.1) is 6.07 Å². The number of fused-ring (bicyclic) bond motifs is 2. The normalized spacial score (nSPS) is 11.4. The predicted molar refractivity (Wildman–Crippen MR) is 237 cm³/mol. The Labute approximate surface area is 377 Å². The molecule has 314 valence electrons. The SMILES string of the molecule is C.C.CC(C)c1nnc(-c2[c-]cc3ccccc3c2)n1-c1ccccc1.CC(C)c1nnc(-c2ccc3ccccc3c2)n1-c1ccccc1.CC(O)CC(C)O.[Ir].[Ir]. The molecule has 10 heteroatoms. The van der Waals surface area contributed by atoms with Gasteiger partial charge in [-0.25, -0.2) is 0 Å². The first-order valence-electron chi connectivity index (χ1n) is 18.9. The van der Waals surface area contributed by atoms with Gasteiger partial charge < -0.3 is 14.8 Å². The van der Waals surface area contributed by atoms with Crippen LogP contribution < -0.4 is 0 Å². The number of hydrogen-bond donors (Lipinski definition) is 2. The number of para-hydroxylation sites is 2. The van der Waals surface area contributed by atoms with Crippen LogP contribution in [0.5, 0.6) is 0 Å². The number of aromatic nitrogens is 6. The molecule has 8 rings (SSSR count). The van der Waals surface area contributed by atoms with E-state index >= 15 is 0 Å². The minimum absolute atomic E-state index is 0. The second-order valence-corrected chi connectivity index (χ2v) is 14.4. The molecule has 59 heavy (non-hydrogen) atoms. The molecule has 2 aromatic heterocycles. The molecular formula is C49H57Ir2N6O2-. The summed E-state index contributed by atoms with van der Waals surface area (Å²) in [5.41, 5.74) is 4.20. The zero-order chi connectivity index (χ0) is 38.9. The summed E-state index contributed by atoms with van der Waals surface area (Å²) in [7, 11) is 0. The van der Waals surface area contributed by atoms with Crippen LogP contribution in [0.15, 0.2) is 140 Å². The third-order valence-corrected chi connectivity index (χ3v) is 9.05. The summed E-state index contributed by atoms with van der Waals surface area (Å²) < 4.78 is 4.29. The molecule has 0 saturated heterocycles. The van der Waals surface area contributed by atoms with Crippen LogP contribution in [0.4, 0.5) is 0 Å². The van der Waals surface area contributed by atoms with Gasteiger partial charge in [0.05, 0.1) is 18.0 Å². The molecular weight excluding hydrogens is 1090 g/mol. The van der Waals surface area contributed by atoms with Crippen LogP contribution >= 0.6 is 0 Å². The molecule has 2 N–H and O–H groups in total. The number of benzene rings is 6. The van der Waals surface area contributed by atoms with Crippen molar-refractivity contribution in [1.29, 1.82) is 0 Å². The van der Waals surface area contributed by atoms with Crippen molar-refractivity contribution < 1.29 is 50.4 Å². The van der Waals surface area contributed by atoms with Gasteiger partial charge in [0.1, 0.15) is 11.6 Å². The van der Waals surface area contributed by atoms with Gasteiger partial charge in [0.2, 0.25) is 0 Å². The second-order valence-electron chi connectivity index (χ2n) is 14.4. The Morgan fingerprint density at radius 3 is 1.39 bits per heavy atom. The van der Waals surface area contributed by atoms with Crippen molar-refractivity contribution >= 4 is 21.5 Å². The molecule has 6 aromatic carbocycles. The van der Waals surface area contributed by atoms with Crippen molar-refractivity contribution in [1.82, 2.24) is 29.5 Å². The van der Waals surface area contributed by atoms with Gasteiger partial charge in [0.15, 0.2) is 5.82 Å². The minimum Gasteiger partial charge on any atom is -0.393 e. The van der Waals surface area contributed by atoms with Crippen LogP contribution in [-0.2, 0) is 40.2 Å². The van der Waals surface area contributed by atoms with Crippen molar-refractivity contribution in [3.05, 3.63) is 157 Å². The Bertz CT molecular complexity index is 2270. The largest absolute Gasteiger partial charge is 0.393 e. The number of rotatable bonds is 8. The summed E-state index contributed by atoms with van der Waals surface area (Å²) in [4.78, 5) is 0. The topological polar surface area (TPSA) is 102 Å². The maximum atomic E-state index is 8.56. The van der Waals surface area contributed by atoms with E-state index in [9.17, 15) is 0 Å². The molecule has 0 aliphatic carbocycles. The molecule has 0 spiro atoms. The van der Waals surface area contributed by atoms with Crippen molar-refractivity contribution in [3.8, 4) is 34.2 Å². The fourth-order valence-corrected chi connectivity index (χ4v) is 6.44. The maximum Gasteiger partial charge on any atom is 0.168 e. The minimum atomic E-state index is -0.375. The Kier molecular flexibility index (Phi) is 20.4. The Morgan fingerprint density at radius 1 is 0.492 bits per heavy atom.